The average molecular weight is 795 g/mol. The highest BCUT2D eigenvalue weighted by atomic mass is 15.3. The summed E-state index contributed by atoms with van der Waals surface area (Å²) in [5, 5.41) is 2.15. The summed E-state index contributed by atoms with van der Waals surface area (Å²) in [6, 6.07) is 70.5. The molecule has 0 bridgehead atoms. The van der Waals surface area contributed by atoms with Gasteiger partial charge in [-0.2, -0.15) is 9.97 Å². The summed E-state index contributed by atoms with van der Waals surface area (Å²) in [4.78, 5) is 32.9. The first-order valence-electron chi connectivity index (χ1n) is 20.5. The number of nitrogens with zero attached hydrogens (tertiary/aromatic N) is 8. The van der Waals surface area contributed by atoms with Crippen molar-refractivity contribution in [2.75, 3.05) is 4.90 Å². The van der Waals surface area contributed by atoms with Crippen LogP contribution in [0.15, 0.2) is 206 Å². The van der Waals surface area contributed by atoms with E-state index >= 15 is 0 Å². The number of hydrogen-bond donors (Lipinski definition) is 0. The third-order valence-corrected chi connectivity index (χ3v) is 11.4. The molecule has 0 radical (unpaired) electrons. The van der Waals surface area contributed by atoms with E-state index in [0.29, 0.717) is 35.1 Å². The molecule has 1 aliphatic heterocycles. The van der Waals surface area contributed by atoms with Crippen LogP contribution in [0.4, 0.5) is 17.3 Å². The second-order valence-corrected chi connectivity index (χ2v) is 15.2. The molecule has 0 saturated heterocycles. The fraction of sp³-hybridized carbons (Fsp3) is 0. The van der Waals surface area contributed by atoms with Gasteiger partial charge in [0.1, 0.15) is 0 Å². The molecule has 12 rings (SSSR count). The molecular weight excluding hydrogens is 761 g/mol. The standard InChI is InChI=1S/C54H34N8/c1-6-18-35(19-7-1)41-33-43-42-32-40(53-56-49(36-20-8-2-9-21-36)55-50(57-53)37-22-10-3-11-23-37)30-31-44(42)61-45-28-16-17-29-46(45)62(47(34-41)48(43)61)54-59-51(38-24-12-4-13-25-38)58-52(60-54)39-26-14-5-15-27-39/h1-34H. The first-order valence-corrected chi connectivity index (χ1v) is 20.5. The van der Waals surface area contributed by atoms with Crippen LogP contribution < -0.4 is 4.90 Å². The lowest BCUT2D eigenvalue weighted by molar-refractivity contribution is 1.00. The van der Waals surface area contributed by atoms with Gasteiger partial charge in [-0.25, -0.2) is 19.9 Å². The van der Waals surface area contributed by atoms with Crippen molar-refractivity contribution in [1.82, 2.24) is 34.5 Å². The van der Waals surface area contributed by atoms with Crippen LogP contribution in [-0.4, -0.2) is 34.5 Å². The molecule has 4 heterocycles. The molecule has 0 unspecified atom stereocenters. The molecule has 0 aliphatic carbocycles. The summed E-state index contributed by atoms with van der Waals surface area (Å²) in [5.74, 6) is 3.57. The minimum absolute atomic E-state index is 0.529. The normalized spacial score (nSPS) is 11.8. The first kappa shape index (κ1) is 35.3. The van der Waals surface area contributed by atoms with Gasteiger partial charge in [-0.3, -0.25) is 4.90 Å². The largest absolute Gasteiger partial charge is 0.305 e. The molecule has 8 heteroatoms. The summed E-state index contributed by atoms with van der Waals surface area (Å²) < 4.78 is 2.37. The van der Waals surface area contributed by atoms with Crippen molar-refractivity contribution in [2.24, 2.45) is 0 Å². The van der Waals surface area contributed by atoms with Gasteiger partial charge in [0.2, 0.25) is 5.95 Å². The Morgan fingerprint density at radius 2 is 0.677 bits per heavy atom. The molecule has 0 spiro atoms. The van der Waals surface area contributed by atoms with Gasteiger partial charge in [0.25, 0.3) is 0 Å². The second-order valence-electron chi connectivity index (χ2n) is 15.2. The number of para-hydroxylation sites is 2. The van der Waals surface area contributed by atoms with Crippen molar-refractivity contribution < 1.29 is 0 Å². The smallest absolute Gasteiger partial charge is 0.238 e. The third-order valence-electron chi connectivity index (χ3n) is 11.4. The molecule has 0 N–H and O–H groups in total. The van der Waals surface area contributed by atoms with E-state index in [-0.39, 0.29) is 0 Å². The van der Waals surface area contributed by atoms with Gasteiger partial charge in [-0.05, 0) is 53.6 Å². The van der Waals surface area contributed by atoms with E-state index in [1.807, 2.05) is 121 Å². The fourth-order valence-corrected chi connectivity index (χ4v) is 8.51. The second kappa shape index (κ2) is 14.6. The predicted octanol–water partition coefficient (Wildman–Crippen LogP) is 12.9. The van der Waals surface area contributed by atoms with E-state index in [1.165, 1.54) is 0 Å². The van der Waals surface area contributed by atoms with Crippen molar-refractivity contribution in [2.45, 2.75) is 0 Å². The summed E-state index contributed by atoms with van der Waals surface area (Å²) >= 11 is 0. The SMILES string of the molecule is c1ccc(-c2cc3c4c(c2)c2cc(-c5nc(-c6ccccc6)nc(-c6ccccc6)n5)ccc2n4-c2ccccc2N3c2nc(-c3ccccc3)nc(-c3ccccc3)n2)cc1. The maximum atomic E-state index is 5.26. The van der Waals surface area contributed by atoms with Crippen LogP contribution in [0.5, 0.6) is 0 Å². The highest BCUT2D eigenvalue weighted by Gasteiger charge is 2.32. The van der Waals surface area contributed by atoms with E-state index in [4.69, 9.17) is 29.9 Å². The molecule has 0 saturated carbocycles. The van der Waals surface area contributed by atoms with Crippen molar-refractivity contribution in [1.29, 1.82) is 0 Å². The monoisotopic (exact) mass is 794 g/mol. The number of benzene rings is 8. The molecule has 0 amide bonds. The highest BCUT2D eigenvalue weighted by molar-refractivity contribution is 6.18. The maximum absolute atomic E-state index is 5.26. The van der Waals surface area contributed by atoms with Crippen LogP contribution in [0.25, 0.3) is 95.6 Å². The quantitative estimate of drug-likeness (QED) is 0.159. The van der Waals surface area contributed by atoms with Crippen LogP contribution in [0.1, 0.15) is 0 Å². The molecule has 1 aliphatic rings. The Kier molecular flexibility index (Phi) is 8.31. The first-order chi connectivity index (χ1) is 30.7. The van der Waals surface area contributed by atoms with Crippen LogP contribution in [0.3, 0.4) is 0 Å². The zero-order chi connectivity index (χ0) is 41.0. The van der Waals surface area contributed by atoms with Crippen molar-refractivity contribution in [3.05, 3.63) is 206 Å². The fourth-order valence-electron chi connectivity index (χ4n) is 8.51. The number of hydrogen-bond acceptors (Lipinski definition) is 7. The Morgan fingerprint density at radius 1 is 0.274 bits per heavy atom. The van der Waals surface area contributed by atoms with E-state index in [0.717, 1.165) is 77.8 Å². The van der Waals surface area contributed by atoms with E-state index < -0.39 is 0 Å². The number of aromatic nitrogens is 7. The molecule has 11 aromatic rings. The zero-order valence-corrected chi connectivity index (χ0v) is 33.2. The molecule has 3 aromatic heterocycles. The average Bonchev–Trinajstić information content (AvgIpc) is 3.69. The molecule has 0 fully saturated rings. The van der Waals surface area contributed by atoms with E-state index in [9.17, 15) is 0 Å². The van der Waals surface area contributed by atoms with Gasteiger partial charge in [-0.1, -0.05) is 164 Å². The molecule has 8 aromatic carbocycles. The van der Waals surface area contributed by atoms with Crippen LogP contribution in [0.2, 0.25) is 0 Å². The summed E-state index contributed by atoms with van der Waals surface area (Å²) in [6.45, 7) is 0. The Labute approximate surface area is 357 Å². The van der Waals surface area contributed by atoms with Gasteiger partial charge >= 0.3 is 0 Å². The van der Waals surface area contributed by atoms with Gasteiger partial charge in [0.15, 0.2) is 29.1 Å². The topological polar surface area (TPSA) is 85.5 Å². The zero-order valence-electron chi connectivity index (χ0n) is 33.2. The predicted molar refractivity (Wildman–Crippen MR) is 248 cm³/mol. The summed E-state index contributed by atoms with van der Waals surface area (Å²) in [5.41, 5.74) is 11.8. The summed E-state index contributed by atoms with van der Waals surface area (Å²) in [6.07, 6.45) is 0. The van der Waals surface area contributed by atoms with Crippen molar-refractivity contribution in [3.63, 3.8) is 0 Å². The van der Waals surface area contributed by atoms with Gasteiger partial charge in [-0.15, -0.1) is 0 Å². The molecular formula is C54H34N8. The lowest BCUT2D eigenvalue weighted by atomic mass is 9.99. The highest BCUT2D eigenvalue weighted by Crippen LogP contribution is 2.51. The Bertz CT molecular complexity index is 3330. The van der Waals surface area contributed by atoms with E-state index in [1.54, 1.807) is 0 Å². The van der Waals surface area contributed by atoms with Gasteiger partial charge in [0, 0.05) is 38.6 Å². The molecule has 0 atom stereocenters. The third kappa shape index (κ3) is 6.00. The lowest BCUT2D eigenvalue weighted by Gasteiger charge is -2.32. The van der Waals surface area contributed by atoms with Crippen LogP contribution >= 0.6 is 0 Å². The van der Waals surface area contributed by atoms with E-state index in [2.05, 4.69) is 94.4 Å². The number of rotatable bonds is 7. The van der Waals surface area contributed by atoms with Gasteiger partial charge < -0.3 is 4.57 Å². The molecule has 8 nitrogen and oxygen atoms in total. The van der Waals surface area contributed by atoms with Gasteiger partial charge in [0.05, 0.1) is 28.1 Å². The summed E-state index contributed by atoms with van der Waals surface area (Å²) in [7, 11) is 0. The Morgan fingerprint density at radius 3 is 1.18 bits per heavy atom. The van der Waals surface area contributed by atoms with Crippen molar-refractivity contribution in [3.8, 4) is 73.8 Å². The Hall–Kier alpha value is -8.62. The number of fused-ring (bicyclic) bond motifs is 5. The van der Waals surface area contributed by atoms with Crippen molar-refractivity contribution >= 4 is 39.1 Å². The lowest BCUT2D eigenvalue weighted by Crippen LogP contribution is -2.21. The maximum Gasteiger partial charge on any atom is 0.238 e. The Balaban J connectivity index is 1.13. The van der Waals surface area contributed by atoms with Crippen LogP contribution in [-0.2, 0) is 0 Å². The minimum Gasteiger partial charge on any atom is -0.305 e. The minimum atomic E-state index is 0.529. The van der Waals surface area contributed by atoms with Crippen LogP contribution in [0, 0.1) is 0 Å². The molecule has 290 valence electrons. The number of anilines is 3. The molecule has 62 heavy (non-hydrogen) atoms.